The highest BCUT2D eigenvalue weighted by Gasteiger charge is 2.16. The number of hydrogen-bond donors (Lipinski definition) is 2. The fraction of sp³-hybridized carbons (Fsp3) is 0.273. The molecular weight excluding hydrogens is 227 g/mol. The third-order valence-electron chi connectivity index (χ3n) is 2.64. The molecule has 3 N–H and O–H groups in total. The number of allylic oxidation sites excluding steroid dienone is 1. The first-order valence-electron chi connectivity index (χ1n) is 4.96. The van der Waals surface area contributed by atoms with Crippen molar-refractivity contribution in [3.05, 3.63) is 35.7 Å². The van der Waals surface area contributed by atoms with Gasteiger partial charge in [0.25, 0.3) is 0 Å². The van der Waals surface area contributed by atoms with Gasteiger partial charge in [0.15, 0.2) is 0 Å². The van der Waals surface area contributed by atoms with Crippen molar-refractivity contribution in [3.63, 3.8) is 0 Å². The summed E-state index contributed by atoms with van der Waals surface area (Å²) in [7, 11) is -2.47. The van der Waals surface area contributed by atoms with E-state index >= 15 is 0 Å². The van der Waals surface area contributed by atoms with Crippen molar-refractivity contribution in [2.24, 2.45) is 0 Å². The van der Waals surface area contributed by atoms with Crippen molar-refractivity contribution in [2.75, 3.05) is 17.2 Å². The standard InChI is InChI=1S/C11H13FN2OS/c12-11-7-9(13)1-2-10(11)8-3-5-16(14,15)6-4-8/h1-3,7,14H,4-6,13H2. The van der Waals surface area contributed by atoms with Gasteiger partial charge >= 0.3 is 0 Å². The SMILES string of the molecule is N=S1(=O)CC=C(c2ccc(N)cc2F)CC1. The van der Waals surface area contributed by atoms with Gasteiger partial charge in [0.1, 0.15) is 5.82 Å². The quantitative estimate of drug-likeness (QED) is 0.739. The summed E-state index contributed by atoms with van der Waals surface area (Å²) in [6, 6.07) is 4.56. The molecule has 0 saturated heterocycles. The minimum absolute atomic E-state index is 0.214. The van der Waals surface area contributed by atoms with Gasteiger partial charge in [-0.3, -0.25) is 4.78 Å². The summed E-state index contributed by atoms with van der Waals surface area (Å²) in [5.41, 5.74) is 7.18. The highest BCUT2D eigenvalue weighted by molar-refractivity contribution is 7.92. The fourth-order valence-corrected chi connectivity index (χ4v) is 2.92. The number of hydrogen-bond acceptors (Lipinski definition) is 3. The molecule has 1 aromatic rings. The van der Waals surface area contributed by atoms with Gasteiger partial charge in [-0.1, -0.05) is 6.08 Å². The lowest BCUT2D eigenvalue weighted by molar-refractivity contribution is 0.623. The van der Waals surface area contributed by atoms with Gasteiger partial charge in [-0.05, 0) is 30.2 Å². The summed E-state index contributed by atoms with van der Waals surface area (Å²) < 4.78 is 32.5. The van der Waals surface area contributed by atoms with Gasteiger partial charge in [-0.15, -0.1) is 0 Å². The molecule has 0 spiro atoms. The zero-order chi connectivity index (χ0) is 11.8. The Balaban J connectivity index is 2.36. The first-order valence-corrected chi connectivity index (χ1v) is 6.86. The second kappa shape index (κ2) is 3.90. The number of benzene rings is 1. The van der Waals surface area contributed by atoms with Gasteiger partial charge in [0.05, 0.1) is 5.75 Å². The van der Waals surface area contributed by atoms with E-state index in [0.29, 0.717) is 23.4 Å². The maximum Gasteiger partial charge on any atom is 0.132 e. The molecule has 1 heterocycles. The molecule has 16 heavy (non-hydrogen) atoms. The maximum atomic E-state index is 13.6. The van der Waals surface area contributed by atoms with Crippen LogP contribution in [0.5, 0.6) is 0 Å². The summed E-state index contributed by atoms with van der Waals surface area (Å²) >= 11 is 0. The highest BCUT2D eigenvalue weighted by atomic mass is 32.2. The van der Waals surface area contributed by atoms with Crippen molar-refractivity contribution in [1.29, 1.82) is 4.78 Å². The van der Waals surface area contributed by atoms with E-state index in [1.165, 1.54) is 6.07 Å². The van der Waals surface area contributed by atoms with Crippen LogP contribution in [0.4, 0.5) is 10.1 Å². The van der Waals surface area contributed by atoms with Crippen molar-refractivity contribution in [2.45, 2.75) is 6.42 Å². The van der Waals surface area contributed by atoms with Crippen LogP contribution in [0, 0.1) is 10.6 Å². The molecule has 1 atom stereocenters. The smallest absolute Gasteiger partial charge is 0.132 e. The van der Waals surface area contributed by atoms with Crippen molar-refractivity contribution < 1.29 is 8.60 Å². The van der Waals surface area contributed by atoms with E-state index in [4.69, 9.17) is 10.5 Å². The predicted octanol–water partition coefficient (Wildman–Crippen LogP) is 2.24. The maximum absolute atomic E-state index is 13.6. The number of anilines is 1. The minimum Gasteiger partial charge on any atom is -0.399 e. The predicted molar refractivity (Wildman–Crippen MR) is 64.0 cm³/mol. The van der Waals surface area contributed by atoms with Crippen LogP contribution in [-0.4, -0.2) is 15.7 Å². The summed E-state index contributed by atoms with van der Waals surface area (Å²) in [6.07, 6.45) is 2.19. The third-order valence-corrected chi connectivity index (χ3v) is 4.21. The molecule has 0 amide bonds. The number of nitrogens with two attached hydrogens (primary N) is 1. The molecule has 0 saturated carbocycles. The Morgan fingerprint density at radius 1 is 1.44 bits per heavy atom. The van der Waals surface area contributed by atoms with Crippen LogP contribution in [-0.2, 0) is 9.73 Å². The fourth-order valence-electron chi connectivity index (χ4n) is 1.73. The van der Waals surface area contributed by atoms with E-state index in [9.17, 15) is 8.60 Å². The van der Waals surface area contributed by atoms with Gasteiger partial charge in [0.2, 0.25) is 0 Å². The van der Waals surface area contributed by atoms with Crippen LogP contribution >= 0.6 is 0 Å². The second-order valence-electron chi connectivity index (χ2n) is 3.90. The molecule has 1 unspecified atom stereocenters. The number of rotatable bonds is 1. The molecule has 1 aliphatic heterocycles. The molecule has 1 aromatic carbocycles. The Kier molecular flexibility index (Phi) is 2.71. The molecule has 0 aliphatic carbocycles. The molecule has 1 aliphatic rings. The Morgan fingerprint density at radius 2 is 2.19 bits per heavy atom. The molecule has 0 radical (unpaired) electrons. The van der Waals surface area contributed by atoms with E-state index in [1.54, 1.807) is 18.2 Å². The molecule has 0 bridgehead atoms. The topological polar surface area (TPSA) is 66.9 Å². The molecule has 0 fully saturated rings. The lowest BCUT2D eigenvalue weighted by atomic mass is 10.0. The first kappa shape index (κ1) is 11.1. The summed E-state index contributed by atoms with van der Waals surface area (Å²) in [5, 5.41) is 0. The molecule has 2 rings (SSSR count). The Labute approximate surface area is 94.1 Å². The third kappa shape index (κ3) is 2.24. The van der Waals surface area contributed by atoms with Gasteiger partial charge in [-0.2, -0.15) is 0 Å². The van der Waals surface area contributed by atoms with Gasteiger partial charge in [-0.25, -0.2) is 8.60 Å². The number of halogens is 1. The normalized spacial score (nSPS) is 25.2. The van der Waals surface area contributed by atoms with Crippen LogP contribution in [0.2, 0.25) is 0 Å². The molecule has 3 nitrogen and oxygen atoms in total. The summed E-state index contributed by atoms with van der Waals surface area (Å²) in [5.74, 6) is 0.166. The van der Waals surface area contributed by atoms with E-state index in [1.807, 2.05) is 0 Å². The van der Waals surface area contributed by atoms with E-state index in [2.05, 4.69) is 0 Å². The van der Waals surface area contributed by atoms with Crippen LogP contribution < -0.4 is 5.73 Å². The molecule has 86 valence electrons. The van der Waals surface area contributed by atoms with Gasteiger partial charge < -0.3 is 5.73 Å². The zero-order valence-corrected chi connectivity index (χ0v) is 9.52. The molecule has 0 aromatic heterocycles. The van der Waals surface area contributed by atoms with Crippen molar-refractivity contribution >= 4 is 21.0 Å². The average Bonchev–Trinajstić information content (AvgIpc) is 2.19. The lowest BCUT2D eigenvalue weighted by Crippen LogP contribution is -2.14. The Hall–Kier alpha value is -1.36. The average molecular weight is 240 g/mol. The first-order chi connectivity index (χ1) is 7.48. The van der Waals surface area contributed by atoms with Crippen LogP contribution in [0.3, 0.4) is 0 Å². The monoisotopic (exact) mass is 240 g/mol. The summed E-state index contributed by atoms with van der Waals surface area (Å²) in [6.45, 7) is 0. The summed E-state index contributed by atoms with van der Waals surface area (Å²) in [4.78, 5) is 0. The van der Waals surface area contributed by atoms with E-state index < -0.39 is 9.73 Å². The largest absolute Gasteiger partial charge is 0.399 e. The van der Waals surface area contributed by atoms with Crippen LogP contribution in [0.15, 0.2) is 24.3 Å². The minimum atomic E-state index is -2.47. The highest BCUT2D eigenvalue weighted by Crippen LogP contribution is 2.26. The Bertz CT molecular complexity index is 549. The second-order valence-corrected chi connectivity index (χ2v) is 6.27. The number of nitrogens with one attached hydrogen (secondary N) is 1. The lowest BCUT2D eigenvalue weighted by Gasteiger charge is -2.16. The van der Waals surface area contributed by atoms with Crippen molar-refractivity contribution in [3.8, 4) is 0 Å². The van der Waals surface area contributed by atoms with E-state index in [-0.39, 0.29) is 11.6 Å². The Morgan fingerprint density at radius 3 is 2.75 bits per heavy atom. The number of nitrogen functional groups attached to an aromatic ring is 1. The van der Waals surface area contributed by atoms with Crippen LogP contribution in [0.1, 0.15) is 12.0 Å². The van der Waals surface area contributed by atoms with Crippen LogP contribution in [0.25, 0.3) is 5.57 Å². The zero-order valence-electron chi connectivity index (χ0n) is 8.70. The van der Waals surface area contributed by atoms with Crippen molar-refractivity contribution in [1.82, 2.24) is 0 Å². The van der Waals surface area contributed by atoms with E-state index in [0.717, 1.165) is 5.57 Å². The molecular formula is C11H13FN2OS. The molecule has 5 heteroatoms. The van der Waals surface area contributed by atoms with Gasteiger partial charge in [0, 0.05) is 26.7 Å².